The Kier molecular flexibility index (Phi) is 1.73. The molecule has 3 rings (SSSR count). The number of nitrogens with two attached hydrogens (primary N) is 1. The summed E-state index contributed by atoms with van der Waals surface area (Å²) in [5, 5.41) is 5.42. The van der Waals surface area contributed by atoms with Gasteiger partial charge in [-0.25, -0.2) is 4.98 Å². The van der Waals surface area contributed by atoms with Gasteiger partial charge in [0.25, 0.3) is 6.01 Å². The summed E-state index contributed by atoms with van der Waals surface area (Å²) < 4.78 is 7.09. The number of benzene rings is 1. The van der Waals surface area contributed by atoms with Crippen molar-refractivity contribution in [3.8, 4) is 11.5 Å². The molecule has 5 nitrogen and oxygen atoms in total. The monoisotopic (exact) mass is 214 g/mol. The Labute approximate surface area is 91.5 Å². The molecule has 3 aromatic rings. The summed E-state index contributed by atoms with van der Waals surface area (Å²) in [6.45, 7) is 0. The van der Waals surface area contributed by atoms with Crippen molar-refractivity contribution in [1.82, 2.24) is 14.8 Å². The average Bonchev–Trinajstić information content (AvgIpc) is 2.80. The molecule has 5 heteroatoms. The Hall–Kier alpha value is -2.30. The fourth-order valence-corrected chi connectivity index (χ4v) is 1.84. The van der Waals surface area contributed by atoms with Gasteiger partial charge in [0.1, 0.15) is 5.69 Å². The van der Waals surface area contributed by atoms with Crippen LogP contribution in [0.15, 0.2) is 34.9 Å². The zero-order valence-electron chi connectivity index (χ0n) is 8.71. The van der Waals surface area contributed by atoms with Gasteiger partial charge in [-0.1, -0.05) is 18.2 Å². The lowest BCUT2D eigenvalue weighted by molar-refractivity contribution is 0.586. The van der Waals surface area contributed by atoms with E-state index < -0.39 is 0 Å². The Morgan fingerprint density at radius 3 is 2.88 bits per heavy atom. The summed E-state index contributed by atoms with van der Waals surface area (Å²) in [6, 6.07) is 8.04. The highest BCUT2D eigenvalue weighted by Crippen LogP contribution is 2.28. The highest BCUT2D eigenvalue weighted by molar-refractivity contribution is 5.91. The number of nitrogens with zero attached hydrogens (tertiary/aromatic N) is 3. The lowest BCUT2D eigenvalue weighted by Gasteiger charge is -1.96. The maximum Gasteiger partial charge on any atom is 0.292 e. The van der Waals surface area contributed by atoms with Gasteiger partial charge >= 0.3 is 0 Å². The lowest BCUT2D eigenvalue weighted by atomic mass is 10.2. The van der Waals surface area contributed by atoms with E-state index >= 15 is 0 Å². The number of hydrogen-bond acceptors (Lipinski definition) is 4. The van der Waals surface area contributed by atoms with Gasteiger partial charge in [-0.05, 0) is 6.07 Å². The number of oxazole rings is 1. The van der Waals surface area contributed by atoms with E-state index in [9.17, 15) is 0 Å². The molecule has 0 bridgehead atoms. The topological polar surface area (TPSA) is 69.9 Å². The summed E-state index contributed by atoms with van der Waals surface area (Å²) in [7, 11) is 1.87. The average molecular weight is 214 g/mol. The van der Waals surface area contributed by atoms with E-state index in [1.54, 1.807) is 10.9 Å². The zero-order valence-corrected chi connectivity index (χ0v) is 8.71. The van der Waals surface area contributed by atoms with Crippen LogP contribution in [0.2, 0.25) is 0 Å². The summed E-state index contributed by atoms with van der Waals surface area (Å²) in [5.74, 6) is 0.633. The Balaban J connectivity index is 2.34. The molecule has 0 amide bonds. The van der Waals surface area contributed by atoms with Crippen LogP contribution in [-0.4, -0.2) is 14.8 Å². The molecule has 0 spiro atoms. The van der Waals surface area contributed by atoms with Gasteiger partial charge in [-0.15, -0.1) is 0 Å². The molecule has 0 saturated carbocycles. The zero-order chi connectivity index (χ0) is 11.1. The third kappa shape index (κ3) is 1.18. The van der Waals surface area contributed by atoms with Crippen molar-refractivity contribution in [3.63, 3.8) is 0 Å². The van der Waals surface area contributed by atoms with E-state index in [1.807, 2.05) is 31.3 Å². The smallest absolute Gasteiger partial charge is 0.292 e. The fraction of sp³-hybridized carbons (Fsp3) is 0.0909. The first-order valence-electron chi connectivity index (χ1n) is 4.89. The summed E-state index contributed by atoms with van der Waals surface area (Å²) in [4.78, 5) is 3.89. The number of nitrogen functional groups attached to an aromatic ring is 1. The van der Waals surface area contributed by atoms with E-state index in [1.165, 1.54) is 0 Å². The first-order chi connectivity index (χ1) is 7.75. The number of aromatic nitrogens is 3. The molecule has 0 saturated heterocycles. The summed E-state index contributed by atoms with van der Waals surface area (Å²) in [5.41, 5.74) is 7.29. The van der Waals surface area contributed by atoms with Crippen LogP contribution in [0.1, 0.15) is 0 Å². The van der Waals surface area contributed by atoms with Gasteiger partial charge in [-0.2, -0.15) is 5.10 Å². The molecule has 0 atom stereocenters. The quantitative estimate of drug-likeness (QED) is 0.670. The van der Waals surface area contributed by atoms with Crippen LogP contribution in [0, 0.1) is 0 Å². The van der Waals surface area contributed by atoms with Gasteiger partial charge in [0.15, 0.2) is 5.76 Å². The normalized spacial score (nSPS) is 11.1. The molecule has 0 aliphatic rings. The fourth-order valence-electron chi connectivity index (χ4n) is 1.84. The number of hydrogen-bond donors (Lipinski definition) is 1. The molecule has 0 radical (unpaired) electrons. The molecule has 2 heterocycles. The maximum absolute atomic E-state index is 5.47. The van der Waals surface area contributed by atoms with E-state index in [2.05, 4.69) is 10.1 Å². The van der Waals surface area contributed by atoms with Crippen LogP contribution in [0.5, 0.6) is 0 Å². The second-order valence-electron chi connectivity index (χ2n) is 3.55. The highest BCUT2D eigenvalue weighted by atomic mass is 16.4. The van der Waals surface area contributed by atoms with E-state index in [-0.39, 0.29) is 6.01 Å². The predicted octanol–water partition coefficient (Wildman–Crippen LogP) is 1.81. The number of fused-ring (bicyclic) bond motifs is 1. The van der Waals surface area contributed by atoms with Gasteiger partial charge < -0.3 is 10.2 Å². The molecule has 16 heavy (non-hydrogen) atoms. The lowest BCUT2D eigenvalue weighted by Crippen LogP contribution is -1.92. The maximum atomic E-state index is 5.47. The van der Waals surface area contributed by atoms with E-state index in [0.717, 1.165) is 16.6 Å². The molecule has 80 valence electrons. The van der Waals surface area contributed by atoms with Crippen LogP contribution in [-0.2, 0) is 7.05 Å². The van der Waals surface area contributed by atoms with Crippen molar-refractivity contribution in [2.24, 2.45) is 7.05 Å². The minimum absolute atomic E-state index is 0.167. The molecular formula is C11H10N4O. The third-order valence-electron chi connectivity index (χ3n) is 2.50. The van der Waals surface area contributed by atoms with Crippen LogP contribution < -0.4 is 5.73 Å². The second kappa shape index (κ2) is 3.10. The number of anilines is 1. The second-order valence-corrected chi connectivity index (χ2v) is 3.55. The van der Waals surface area contributed by atoms with E-state index in [0.29, 0.717) is 5.76 Å². The van der Waals surface area contributed by atoms with Crippen LogP contribution in [0.25, 0.3) is 22.4 Å². The molecular weight excluding hydrogens is 204 g/mol. The predicted molar refractivity (Wildman–Crippen MR) is 60.6 cm³/mol. The van der Waals surface area contributed by atoms with Crippen molar-refractivity contribution in [3.05, 3.63) is 30.5 Å². The van der Waals surface area contributed by atoms with Gasteiger partial charge in [0, 0.05) is 12.4 Å². The van der Waals surface area contributed by atoms with Gasteiger partial charge in [-0.3, -0.25) is 4.68 Å². The Bertz CT molecular complexity index is 653. The highest BCUT2D eigenvalue weighted by Gasteiger charge is 2.14. The minimum atomic E-state index is 0.167. The Morgan fingerprint density at radius 2 is 2.12 bits per heavy atom. The van der Waals surface area contributed by atoms with Crippen molar-refractivity contribution in [1.29, 1.82) is 0 Å². The summed E-state index contributed by atoms with van der Waals surface area (Å²) >= 11 is 0. The number of rotatable bonds is 1. The standard InChI is InChI=1S/C11H10N4O/c1-15-10(9-6-13-11(12)16-9)7-4-2-3-5-8(7)14-15/h2-6H,1H3,(H2,12,13). The molecule has 1 aromatic carbocycles. The molecule has 0 aliphatic heterocycles. The SMILES string of the molecule is Cn1nc2ccccc2c1-c1cnc(N)o1. The molecule has 2 N–H and O–H groups in total. The van der Waals surface area contributed by atoms with Crippen molar-refractivity contribution >= 4 is 16.9 Å². The first kappa shape index (κ1) is 8.96. The molecule has 0 aliphatic carbocycles. The van der Waals surface area contributed by atoms with Crippen LogP contribution in [0.3, 0.4) is 0 Å². The molecule has 0 unspecified atom stereocenters. The first-order valence-corrected chi connectivity index (χ1v) is 4.89. The Morgan fingerprint density at radius 1 is 1.31 bits per heavy atom. The van der Waals surface area contributed by atoms with Crippen LogP contribution >= 0.6 is 0 Å². The third-order valence-corrected chi connectivity index (χ3v) is 2.50. The molecule has 2 aromatic heterocycles. The largest absolute Gasteiger partial charge is 0.422 e. The summed E-state index contributed by atoms with van der Waals surface area (Å²) in [6.07, 6.45) is 1.61. The van der Waals surface area contributed by atoms with Crippen molar-refractivity contribution in [2.75, 3.05) is 5.73 Å². The van der Waals surface area contributed by atoms with Crippen LogP contribution in [0.4, 0.5) is 6.01 Å². The van der Waals surface area contributed by atoms with Gasteiger partial charge in [0.05, 0.1) is 11.7 Å². The van der Waals surface area contributed by atoms with E-state index in [4.69, 9.17) is 10.2 Å². The minimum Gasteiger partial charge on any atom is -0.422 e. The van der Waals surface area contributed by atoms with Crippen molar-refractivity contribution in [2.45, 2.75) is 0 Å². The van der Waals surface area contributed by atoms with Crippen molar-refractivity contribution < 1.29 is 4.42 Å². The molecule has 0 fully saturated rings. The number of aryl methyl sites for hydroxylation is 1. The van der Waals surface area contributed by atoms with Gasteiger partial charge in [0.2, 0.25) is 0 Å².